The van der Waals surface area contributed by atoms with Gasteiger partial charge in [0.05, 0.1) is 26.4 Å². The van der Waals surface area contributed by atoms with Crippen LogP contribution in [0.15, 0.2) is 0 Å². The van der Waals surface area contributed by atoms with Gasteiger partial charge < -0.3 is 41.3 Å². The van der Waals surface area contributed by atoms with E-state index >= 15 is 0 Å². The molecule has 0 saturated carbocycles. The van der Waals surface area contributed by atoms with Gasteiger partial charge in [0.2, 0.25) is 0 Å². The minimum atomic E-state index is -1.70. The number of carboxylic acid groups (broad SMARTS) is 2. The Kier molecular flexibility index (Phi) is 26.6. The largest absolute Gasteiger partial charge is 0.481 e. The zero-order valence-corrected chi connectivity index (χ0v) is 15.1. The Morgan fingerprint density at radius 1 is 0.852 bits per heavy atom. The van der Waals surface area contributed by atoms with Gasteiger partial charge >= 0.3 is 18.0 Å². The molecule has 0 saturated heterocycles. The first-order valence-electron chi connectivity index (χ1n) is 8.21. The molecule has 0 spiro atoms. The Morgan fingerprint density at radius 2 is 1.22 bits per heavy atom. The number of aliphatic carboxylic acids is 2. The van der Waals surface area contributed by atoms with Gasteiger partial charge in [0.25, 0.3) is 0 Å². The van der Waals surface area contributed by atoms with E-state index in [0.717, 1.165) is 0 Å². The number of aliphatic hydroxyl groups excluding tert-OH is 4. The van der Waals surface area contributed by atoms with Crippen LogP contribution in [0, 0.1) is 10.1 Å². The Morgan fingerprint density at radius 3 is 1.44 bits per heavy atom. The number of rotatable bonds is 14. The van der Waals surface area contributed by atoms with Gasteiger partial charge in [0.1, 0.15) is 0 Å². The average molecular weight is 401 g/mol. The summed E-state index contributed by atoms with van der Waals surface area (Å²) in [6, 6.07) is -1.70. The van der Waals surface area contributed by atoms with Crippen molar-refractivity contribution in [3.63, 3.8) is 0 Å². The SMILES string of the molecule is O=C(O)CCCC(C(=O)O)[N+](=O)[O-].OCCNCCO.OCCNCCO. The first-order chi connectivity index (χ1) is 12.8. The average Bonchev–Trinajstić information content (AvgIpc) is 2.60. The fourth-order valence-corrected chi connectivity index (χ4v) is 1.33. The number of aliphatic hydroxyl groups is 4. The minimum absolute atomic E-state index is 0.00667. The second-order valence-corrected chi connectivity index (χ2v) is 4.82. The van der Waals surface area contributed by atoms with E-state index in [1.807, 2.05) is 0 Å². The highest BCUT2D eigenvalue weighted by molar-refractivity contribution is 5.72. The van der Waals surface area contributed by atoms with E-state index in [-0.39, 0.29) is 45.7 Å². The van der Waals surface area contributed by atoms with Gasteiger partial charge in [0, 0.05) is 43.9 Å². The fourth-order valence-electron chi connectivity index (χ4n) is 1.33. The van der Waals surface area contributed by atoms with Crippen LogP contribution < -0.4 is 10.6 Å². The summed E-state index contributed by atoms with van der Waals surface area (Å²) >= 11 is 0. The molecule has 0 rings (SSSR count). The molecule has 0 aromatic carbocycles. The van der Waals surface area contributed by atoms with Crippen LogP contribution in [0.5, 0.6) is 0 Å². The Balaban J connectivity index is -0.000000350. The Labute approximate surface area is 156 Å². The lowest BCUT2D eigenvalue weighted by atomic mass is 10.1. The van der Waals surface area contributed by atoms with Crippen molar-refractivity contribution in [3.05, 3.63) is 10.1 Å². The third kappa shape index (κ3) is 29.1. The second-order valence-electron chi connectivity index (χ2n) is 4.82. The topological polar surface area (TPSA) is 223 Å². The predicted octanol–water partition coefficient (Wildman–Crippen LogP) is -2.91. The van der Waals surface area contributed by atoms with Crippen molar-refractivity contribution < 1.29 is 45.2 Å². The lowest BCUT2D eigenvalue weighted by Crippen LogP contribution is -2.29. The highest BCUT2D eigenvalue weighted by atomic mass is 16.6. The highest BCUT2D eigenvalue weighted by Gasteiger charge is 2.28. The zero-order valence-electron chi connectivity index (χ0n) is 15.1. The highest BCUT2D eigenvalue weighted by Crippen LogP contribution is 2.04. The monoisotopic (exact) mass is 401 g/mol. The molecule has 1 unspecified atom stereocenters. The zero-order chi connectivity index (χ0) is 21.5. The van der Waals surface area contributed by atoms with Gasteiger partial charge in [-0.25, -0.2) is 4.79 Å². The number of carboxylic acids is 2. The van der Waals surface area contributed by atoms with Gasteiger partial charge in [-0.15, -0.1) is 0 Å². The van der Waals surface area contributed by atoms with Crippen LogP contribution in [-0.4, -0.2) is 106 Å². The predicted molar refractivity (Wildman–Crippen MR) is 94.0 cm³/mol. The van der Waals surface area contributed by atoms with Gasteiger partial charge in [-0.2, -0.15) is 0 Å². The molecule has 27 heavy (non-hydrogen) atoms. The molecule has 0 radical (unpaired) electrons. The molecule has 0 aliphatic heterocycles. The lowest BCUT2D eigenvalue weighted by Gasteiger charge is -2.02. The number of nitro groups is 1. The van der Waals surface area contributed by atoms with Crippen molar-refractivity contribution in [1.82, 2.24) is 10.6 Å². The molecule has 0 aromatic rings. The molecule has 8 N–H and O–H groups in total. The Bertz CT molecular complexity index is 339. The first-order valence-corrected chi connectivity index (χ1v) is 8.21. The lowest BCUT2D eigenvalue weighted by molar-refractivity contribution is -0.511. The molecule has 0 heterocycles. The van der Waals surface area contributed by atoms with E-state index in [9.17, 15) is 19.7 Å². The molecule has 0 aliphatic rings. The summed E-state index contributed by atoms with van der Waals surface area (Å²) < 4.78 is 0. The van der Waals surface area contributed by atoms with Gasteiger partial charge in [-0.3, -0.25) is 14.9 Å². The van der Waals surface area contributed by atoms with E-state index < -0.39 is 22.9 Å². The van der Waals surface area contributed by atoms with Gasteiger partial charge in [-0.1, -0.05) is 0 Å². The molecule has 162 valence electrons. The number of carbonyl (C=O) groups is 2. The molecule has 13 nitrogen and oxygen atoms in total. The minimum Gasteiger partial charge on any atom is -0.481 e. The molecule has 0 bridgehead atoms. The van der Waals surface area contributed by atoms with Crippen molar-refractivity contribution in [2.45, 2.75) is 25.3 Å². The van der Waals surface area contributed by atoms with E-state index in [4.69, 9.17) is 30.6 Å². The first kappa shape index (κ1) is 29.8. The van der Waals surface area contributed by atoms with Crippen molar-refractivity contribution in [2.75, 3.05) is 52.6 Å². The third-order valence-electron chi connectivity index (χ3n) is 2.56. The maximum absolute atomic E-state index is 10.2. The summed E-state index contributed by atoms with van der Waals surface area (Å²) in [5, 5.41) is 64.8. The van der Waals surface area contributed by atoms with E-state index in [0.29, 0.717) is 26.2 Å². The van der Waals surface area contributed by atoms with Crippen LogP contribution in [0.2, 0.25) is 0 Å². The number of hydrogen-bond acceptors (Lipinski definition) is 10. The summed E-state index contributed by atoms with van der Waals surface area (Å²) in [6.45, 7) is 2.84. The van der Waals surface area contributed by atoms with E-state index in [2.05, 4.69) is 10.6 Å². The maximum Gasteiger partial charge on any atom is 0.379 e. The summed E-state index contributed by atoms with van der Waals surface area (Å²) in [7, 11) is 0. The van der Waals surface area contributed by atoms with Crippen LogP contribution in [0.25, 0.3) is 0 Å². The normalized spacial score (nSPS) is 10.7. The maximum atomic E-state index is 10.2. The van der Waals surface area contributed by atoms with Crippen LogP contribution in [0.4, 0.5) is 0 Å². The second kappa shape index (κ2) is 24.1. The van der Waals surface area contributed by atoms with E-state index in [1.54, 1.807) is 0 Å². The number of nitrogens with one attached hydrogen (secondary N) is 2. The molecule has 0 aliphatic carbocycles. The summed E-state index contributed by atoms with van der Waals surface area (Å²) in [4.78, 5) is 29.4. The van der Waals surface area contributed by atoms with Crippen molar-refractivity contribution >= 4 is 11.9 Å². The fraction of sp³-hybridized carbons (Fsp3) is 0.857. The van der Waals surface area contributed by atoms with E-state index in [1.165, 1.54) is 0 Å². The number of hydrogen-bond donors (Lipinski definition) is 8. The van der Waals surface area contributed by atoms with Gasteiger partial charge in [0.15, 0.2) is 0 Å². The van der Waals surface area contributed by atoms with Gasteiger partial charge in [-0.05, 0) is 6.42 Å². The van der Waals surface area contributed by atoms with Crippen molar-refractivity contribution in [3.8, 4) is 0 Å². The standard InChI is InChI=1S/C6H9NO6.2C4H11NO2/c8-5(9)3-1-2-4(6(10)11)7(12)13;2*6-3-1-5-2-4-7/h4H,1-3H2,(H,8,9)(H,10,11);2*5-7H,1-4H2. The molecule has 13 heteroatoms. The molecular weight excluding hydrogens is 370 g/mol. The quantitative estimate of drug-likeness (QED) is 0.0833. The number of nitrogens with zero attached hydrogens (tertiary/aromatic N) is 1. The molecule has 0 aromatic heterocycles. The molecular formula is C14H31N3O10. The van der Waals surface area contributed by atoms with Crippen LogP contribution in [0.1, 0.15) is 19.3 Å². The van der Waals surface area contributed by atoms with Crippen LogP contribution in [0.3, 0.4) is 0 Å². The van der Waals surface area contributed by atoms with Crippen molar-refractivity contribution in [2.24, 2.45) is 0 Å². The smallest absolute Gasteiger partial charge is 0.379 e. The third-order valence-corrected chi connectivity index (χ3v) is 2.56. The van der Waals surface area contributed by atoms with Crippen LogP contribution in [-0.2, 0) is 9.59 Å². The van der Waals surface area contributed by atoms with Crippen molar-refractivity contribution in [1.29, 1.82) is 0 Å². The molecule has 1 atom stereocenters. The summed E-state index contributed by atoms with van der Waals surface area (Å²) in [5.41, 5.74) is 0. The van der Waals surface area contributed by atoms with Crippen LogP contribution >= 0.6 is 0 Å². The summed E-state index contributed by atoms with van der Waals surface area (Å²) in [6.07, 6.45) is -0.514. The molecule has 0 fully saturated rings. The summed E-state index contributed by atoms with van der Waals surface area (Å²) in [5.74, 6) is -2.62. The Hall–Kier alpha value is -1.90. The molecule has 0 amide bonds.